The van der Waals surface area contributed by atoms with E-state index in [1.807, 2.05) is 6.92 Å². The molecule has 0 radical (unpaired) electrons. The molecule has 3 atom stereocenters. The molecule has 2 rings (SSSR count). The molecule has 1 fully saturated rings. The van der Waals surface area contributed by atoms with E-state index in [0.717, 1.165) is 25.0 Å². The lowest BCUT2D eigenvalue weighted by Crippen LogP contribution is -2.45. The number of aliphatic hydroxyl groups excluding tert-OH is 1. The van der Waals surface area contributed by atoms with Crippen LogP contribution in [0, 0.1) is 11.7 Å². The van der Waals surface area contributed by atoms with Crippen LogP contribution in [0.1, 0.15) is 37.7 Å². The van der Waals surface area contributed by atoms with Crippen molar-refractivity contribution in [3.8, 4) is 0 Å². The Morgan fingerprint density at radius 1 is 1.45 bits per heavy atom. The maximum absolute atomic E-state index is 12.9. The molecule has 0 bridgehead atoms. The third kappa shape index (κ3) is 4.78. The summed E-state index contributed by atoms with van der Waals surface area (Å²) in [5.74, 6) is -0.203. The number of amides is 1. The fraction of sp³-hybridized carbons (Fsp3) is 0.588. The predicted molar refractivity (Wildman–Crippen MR) is 82.0 cm³/mol. The highest BCUT2D eigenvalue weighted by molar-refractivity contribution is 5.77. The van der Waals surface area contributed by atoms with Gasteiger partial charge in [0.25, 0.3) is 0 Å². The van der Waals surface area contributed by atoms with Crippen LogP contribution in [-0.4, -0.2) is 36.9 Å². The highest BCUT2D eigenvalue weighted by atomic mass is 19.1. The van der Waals surface area contributed by atoms with Gasteiger partial charge in [0, 0.05) is 18.9 Å². The predicted octanol–water partition coefficient (Wildman–Crippen LogP) is 2.22. The first-order chi connectivity index (χ1) is 10.6. The quantitative estimate of drug-likeness (QED) is 0.847. The molecule has 0 aliphatic carbocycles. The lowest BCUT2D eigenvalue weighted by Gasteiger charge is -2.30. The fourth-order valence-electron chi connectivity index (χ4n) is 2.85. The number of carbonyl (C=O) groups is 1. The lowest BCUT2D eigenvalue weighted by molar-refractivity contribution is -0.123. The summed E-state index contributed by atoms with van der Waals surface area (Å²) >= 11 is 0. The molecule has 1 heterocycles. The molecule has 1 saturated heterocycles. The Morgan fingerprint density at radius 3 is 2.77 bits per heavy atom. The van der Waals surface area contributed by atoms with Crippen molar-refractivity contribution in [2.24, 2.45) is 5.92 Å². The van der Waals surface area contributed by atoms with Gasteiger partial charge in [0.2, 0.25) is 5.91 Å². The molecule has 5 heteroatoms. The van der Waals surface area contributed by atoms with Crippen LogP contribution in [0.3, 0.4) is 0 Å². The summed E-state index contributed by atoms with van der Waals surface area (Å²) in [6.07, 6.45) is 2.23. The van der Waals surface area contributed by atoms with Crippen molar-refractivity contribution >= 4 is 5.91 Å². The summed E-state index contributed by atoms with van der Waals surface area (Å²) in [4.78, 5) is 12.2. The maximum Gasteiger partial charge on any atom is 0.220 e. The van der Waals surface area contributed by atoms with Crippen LogP contribution in [0.2, 0.25) is 0 Å². The minimum Gasteiger partial charge on any atom is -0.394 e. The molecule has 1 aromatic carbocycles. The highest BCUT2D eigenvalue weighted by Crippen LogP contribution is 2.21. The van der Waals surface area contributed by atoms with E-state index in [4.69, 9.17) is 4.74 Å². The summed E-state index contributed by atoms with van der Waals surface area (Å²) < 4.78 is 18.3. The summed E-state index contributed by atoms with van der Waals surface area (Å²) in [6, 6.07) is 5.95. The van der Waals surface area contributed by atoms with Gasteiger partial charge in [0.1, 0.15) is 5.82 Å². The van der Waals surface area contributed by atoms with E-state index in [9.17, 15) is 14.3 Å². The second-order valence-electron chi connectivity index (χ2n) is 5.99. The fourth-order valence-corrected chi connectivity index (χ4v) is 2.85. The number of rotatable bonds is 6. The van der Waals surface area contributed by atoms with Crippen LogP contribution in [0.5, 0.6) is 0 Å². The lowest BCUT2D eigenvalue weighted by atomic mass is 9.93. The van der Waals surface area contributed by atoms with Gasteiger partial charge in [-0.15, -0.1) is 0 Å². The molecule has 1 aliphatic heterocycles. The molecule has 22 heavy (non-hydrogen) atoms. The molecular weight excluding hydrogens is 285 g/mol. The van der Waals surface area contributed by atoms with Crippen molar-refractivity contribution in [3.63, 3.8) is 0 Å². The minimum absolute atomic E-state index is 0.00236. The Morgan fingerprint density at radius 2 is 2.18 bits per heavy atom. The van der Waals surface area contributed by atoms with Gasteiger partial charge in [-0.25, -0.2) is 4.39 Å². The third-order valence-corrected chi connectivity index (χ3v) is 4.24. The SMILES string of the molecule is C[C@H](CC(=O)N[C@H](CO)[C@@H]1CCCOC1)c1ccc(F)cc1. The highest BCUT2D eigenvalue weighted by Gasteiger charge is 2.25. The van der Waals surface area contributed by atoms with Crippen molar-refractivity contribution in [3.05, 3.63) is 35.6 Å². The topological polar surface area (TPSA) is 58.6 Å². The molecule has 2 N–H and O–H groups in total. The average Bonchev–Trinajstić information content (AvgIpc) is 2.54. The summed E-state index contributed by atoms with van der Waals surface area (Å²) in [6.45, 7) is 3.19. The monoisotopic (exact) mass is 309 g/mol. The van der Waals surface area contributed by atoms with Gasteiger partial charge in [-0.05, 0) is 36.5 Å². The molecule has 1 aromatic rings. The molecular formula is C17H24FNO3. The number of hydrogen-bond donors (Lipinski definition) is 2. The molecule has 0 unspecified atom stereocenters. The van der Waals surface area contributed by atoms with Gasteiger partial charge >= 0.3 is 0 Å². The molecule has 0 aromatic heterocycles. The maximum atomic E-state index is 12.9. The number of aliphatic hydroxyl groups is 1. The zero-order chi connectivity index (χ0) is 15.9. The summed E-state index contributed by atoms with van der Waals surface area (Å²) in [7, 11) is 0. The number of halogens is 1. The Balaban J connectivity index is 1.86. The summed E-state index contributed by atoms with van der Waals surface area (Å²) in [5.41, 5.74) is 0.929. The van der Waals surface area contributed by atoms with Crippen molar-refractivity contribution in [2.75, 3.05) is 19.8 Å². The Kier molecular flexibility index (Phi) is 6.34. The largest absolute Gasteiger partial charge is 0.394 e. The third-order valence-electron chi connectivity index (χ3n) is 4.24. The van der Waals surface area contributed by atoms with Gasteiger partial charge in [-0.1, -0.05) is 19.1 Å². The van der Waals surface area contributed by atoms with E-state index in [1.54, 1.807) is 12.1 Å². The minimum atomic E-state index is -0.280. The van der Waals surface area contributed by atoms with E-state index in [-0.39, 0.29) is 36.2 Å². The number of ether oxygens (including phenoxy) is 1. The van der Waals surface area contributed by atoms with E-state index in [0.29, 0.717) is 13.0 Å². The number of hydrogen-bond acceptors (Lipinski definition) is 3. The van der Waals surface area contributed by atoms with Gasteiger partial charge in [-0.2, -0.15) is 0 Å². The van der Waals surface area contributed by atoms with Crippen LogP contribution < -0.4 is 5.32 Å². The second kappa shape index (κ2) is 8.25. The van der Waals surface area contributed by atoms with Crippen molar-refractivity contribution in [1.29, 1.82) is 0 Å². The van der Waals surface area contributed by atoms with E-state index < -0.39 is 0 Å². The Labute approximate surface area is 130 Å². The second-order valence-corrected chi connectivity index (χ2v) is 5.99. The first-order valence-electron chi connectivity index (χ1n) is 7.83. The standard InChI is InChI=1S/C17H24FNO3/c1-12(13-4-6-15(18)7-5-13)9-17(21)19-16(10-20)14-3-2-8-22-11-14/h4-7,12,14,16,20H,2-3,8-11H2,1H3,(H,19,21)/t12-,14-,16-/m1/s1. The van der Waals surface area contributed by atoms with Gasteiger partial charge in [-0.3, -0.25) is 4.79 Å². The van der Waals surface area contributed by atoms with Gasteiger partial charge < -0.3 is 15.2 Å². The van der Waals surface area contributed by atoms with Crippen LogP contribution in [0.25, 0.3) is 0 Å². The first-order valence-corrected chi connectivity index (χ1v) is 7.83. The average molecular weight is 309 g/mol. The number of benzene rings is 1. The number of carbonyl (C=O) groups excluding carboxylic acids is 1. The van der Waals surface area contributed by atoms with Crippen molar-refractivity contribution in [1.82, 2.24) is 5.32 Å². The molecule has 1 amide bonds. The van der Waals surface area contributed by atoms with E-state index in [1.165, 1.54) is 12.1 Å². The van der Waals surface area contributed by atoms with Crippen LogP contribution >= 0.6 is 0 Å². The van der Waals surface area contributed by atoms with Gasteiger partial charge in [0.15, 0.2) is 0 Å². The Bertz CT molecular complexity index is 471. The van der Waals surface area contributed by atoms with Crippen LogP contribution in [0.4, 0.5) is 4.39 Å². The van der Waals surface area contributed by atoms with Crippen LogP contribution in [-0.2, 0) is 9.53 Å². The molecule has 4 nitrogen and oxygen atoms in total. The smallest absolute Gasteiger partial charge is 0.220 e. The summed E-state index contributed by atoms with van der Waals surface area (Å²) in [5, 5.41) is 12.4. The molecule has 0 saturated carbocycles. The first kappa shape index (κ1) is 16.9. The van der Waals surface area contributed by atoms with E-state index in [2.05, 4.69) is 5.32 Å². The molecule has 1 aliphatic rings. The van der Waals surface area contributed by atoms with Crippen molar-refractivity contribution in [2.45, 2.75) is 38.1 Å². The molecule has 0 spiro atoms. The van der Waals surface area contributed by atoms with E-state index >= 15 is 0 Å². The normalized spacial score (nSPS) is 21.1. The zero-order valence-electron chi connectivity index (χ0n) is 12.9. The zero-order valence-corrected chi connectivity index (χ0v) is 12.9. The van der Waals surface area contributed by atoms with Gasteiger partial charge in [0.05, 0.1) is 19.3 Å². The molecule has 122 valence electrons. The number of nitrogens with one attached hydrogen (secondary N) is 1. The van der Waals surface area contributed by atoms with Crippen LogP contribution in [0.15, 0.2) is 24.3 Å². The van der Waals surface area contributed by atoms with Crippen molar-refractivity contribution < 1.29 is 19.0 Å². The Hall–Kier alpha value is -1.46.